The molecule has 2 saturated heterocycles. The molecule has 1 amide bonds. The molecule has 2 aliphatic heterocycles. The first-order valence-electron chi connectivity index (χ1n) is 10.7. The second kappa shape index (κ2) is 9.39. The van der Waals surface area contributed by atoms with Gasteiger partial charge >= 0.3 is 0 Å². The first kappa shape index (κ1) is 19.9. The molecule has 2 aliphatic rings. The molecule has 29 heavy (non-hydrogen) atoms. The first-order valence-corrected chi connectivity index (χ1v) is 10.7. The number of carbonyl (C=O) groups excluding carboxylic acids is 1. The van der Waals surface area contributed by atoms with Crippen LogP contribution in [0, 0.1) is 5.92 Å². The lowest BCUT2D eigenvalue weighted by Gasteiger charge is -2.33. The van der Waals surface area contributed by atoms with E-state index in [9.17, 15) is 4.79 Å². The minimum atomic E-state index is 0.168. The van der Waals surface area contributed by atoms with Crippen LogP contribution >= 0.6 is 0 Å². The zero-order valence-corrected chi connectivity index (χ0v) is 17.2. The van der Waals surface area contributed by atoms with Crippen molar-refractivity contribution in [3.05, 3.63) is 30.2 Å². The van der Waals surface area contributed by atoms with Crippen LogP contribution in [0.5, 0.6) is 5.75 Å². The molecule has 0 unspecified atom stereocenters. The van der Waals surface area contributed by atoms with Gasteiger partial charge in [-0.15, -0.1) is 0 Å². The van der Waals surface area contributed by atoms with Gasteiger partial charge in [-0.1, -0.05) is 18.0 Å². The number of carbonyl (C=O) groups is 1. The van der Waals surface area contributed by atoms with Crippen molar-refractivity contribution < 1.29 is 14.1 Å². The molecular formula is C22H30N4O3. The van der Waals surface area contributed by atoms with Crippen LogP contribution in [0.25, 0.3) is 11.4 Å². The van der Waals surface area contributed by atoms with E-state index < -0.39 is 0 Å². The summed E-state index contributed by atoms with van der Waals surface area (Å²) >= 11 is 0. The number of aromatic nitrogens is 2. The van der Waals surface area contributed by atoms with Crippen LogP contribution in [0.4, 0.5) is 0 Å². The van der Waals surface area contributed by atoms with Crippen molar-refractivity contribution in [3.63, 3.8) is 0 Å². The first-order chi connectivity index (χ1) is 14.2. The predicted octanol–water partition coefficient (Wildman–Crippen LogP) is 3.36. The summed E-state index contributed by atoms with van der Waals surface area (Å²) in [5.74, 6) is 2.55. The second-order valence-corrected chi connectivity index (χ2v) is 8.03. The number of amides is 1. The molecule has 1 aromatic heterocycles. The van der Waals surface area contributed by atoms with E-state index in [0.29, 0.717) is 24.2 Å². The maximum atomic E-state index is 12.8. The molecule has 0 atom stereocenters. The van der Waals surface area contributed by atoms with Gasteiger partial charge < -0.3 is 14.2 Å². The lowest BCUT2D eigenvalue weighted by Crippen LogP contribution is -2.42. The number of likely N-dealkylation sites (tertiary alicyclic amines) is 2. The normalized spacial score (nSPS) is 19.1. The molecule has 2 fully saturated rings. The summed E-state index contributed by atoms with van der Waals surface area (Å²) in [6.45, 7) is 4.30. The molecule has 2 aromatic rings. The topological polar surface area (TPSA) is 71.7 Å². The Hall–Kier alpha value is -2.41. The third-order valence-electron chi connectivity index (χ3n) is 6.03. The standard InChI is InChI=1S/C22H30N4O3/c1-28-19-8-6-17(7-9-19)21-23-20(29-24-21)16-25-14-10-18(11-15-25)22(27)26-12-4-2-3-5-13-26/h6-9,18H,2-5,10-16H2,1H3. The van der Waals surface area contributed by atoms with E-state index in [0.717, 1.165) is 63.2 Å². The molecule has 3 heterocycles. The number of rotatable bonds is 5. The Morgan fingerprint density at radius 2 is 1.76 bits per heavy atom. The van der Waals surface area contributed by atoms with Crippen LogP contribution in [-0.4, -0.2) is 59.1 Å². The summed E-state index contributed by atoms with van der Waals surface area (Å²) in [6, 6.07) is 7.62. The van der Waals surface area contributed by atoms with Crippen LogP contribution in [0.1, 0.15) is 44.4 Å². The lowest BCUT2D eigenvalue weighted by molar-refractivity contribution is -0.137. The summed E-state index contributed by atoms with van der Waals surface area (Å²) in [5.41, 5.74) is 0.905. The molecular weight excluding hydrogens is 368 g/mol. The molecule has 0 radical (unpaired) electrons. The number of hydrogen-bond acceptors (Lipinski definition) is 6. The highest BCUT2D eigenvalue weighted by molar-refractivity contribution is 5.79. The number of ether oxygens (including phenoxy) is 1. The van der Waals surface area contributed by atoms with Crippen LogP contribution in [0.2, 0.25) is 0 Å². The summed E-state index contributed by atoms with van der Waals surface area (Å²) in [7, 11) is 1.64. The molecule has 4 rings (SSSR count). The van der Waals surface area contributed by atoms with Gasteiger partial charge in [0.1, 0.15) is 5.75 Å². The summed E-state index contributed by atoms with van der Waals surface area (Å²) in [5, 5.41) is 4.11. The van der Waals surface area contributed by atoms with Crippen molar-refractivity contribution >= 4 is 5.91 Å². The average molecular weight is 399 g/mol. The lowest BCUT2D eigenvalue weighted by atomic mass is 9.95. The fourth-order valence-corrected chi connectivity index (χ4v) is 4.26. The van der Waals surface area contributed by atoms with Crippen LogP contribution < -0.4 is 4.74 Å². The van der Waals surface area contributed by atoms with E-state index in [1.807, 2.05) is 24.3 Å². The Bertz CT molecular complexity index is 789. The summed E-state index contributed by atoms with van der Waals surface area (Å²) in [6.07, 6.45) is 6.63. The van der Waals surface area contributed by atoms with E-state index in [4.69, 9.17) is 9.26 Å². The number of benzene rings is 1. The SMILES string of the molecule is COc1ccc(-c2noc(CN3CCC(C(=O)N4CCCCCC4)CC3)n2)cc1. The Balaban J connectivity index is 1.28. The Labute approximate surface area is 172 Å². The molecule has 7 nitrogen and oxygen atoms in total. The van der Waals surface area contributed by atoms with Gasteiger partial charge in [0.25, 0.3) is 0 Å². The van der Waals surface area contributed by atoms with Gasteiger partial charge in [-0.3, -0.25) is 9.69 Å². The van der Waals surface area contributed by atoms with Crippen molar-refractivity contribution in [2.24, 2.45) is 5.92 Å². The molecule has 0 saturated carbocycles. The Morgan fingerprint density at radius 1 is 1.07 bits per heavy atom. The second-order valence-electron chi connectivity index (χ2n) is 8.03. The number of methoxy groups -OCH3 is 1. The molecule has 0 aliphatic carbocycles. The number of hydrogen-bond donors (Lipinski definition) is 0. The molecule has 0 spiro atoms. The smallest absolute Gasteiger partial charge is 0.241 e. The highest BCUT2D eigenvalue weighted by Crippen LogP contribution is 2.24. The largest absolute Gasteiger partial charge is 0.497 e. The molecule has 1 aromatic carbocycles. The van der Waals surface area contributed by atoms with Crippen LogP contribution in [-0.2, 0) is 11.3 Å². The van der Waals surface area contributed by atoms with Gasteiger partial charge in [-0.25, -0.2) is 0 Å². The van der Waals surface area contributed by atoms with E-state index in [1.54, 1.807) is 7.11 Å². The van der Waals surface area contributed by atoms with Crippen molar-refractivity contribution in [3.8, 4) is 17.1 Å². The van der Waals surface area contributed by atoms with E-state index >= 15 is 0 Å². The van der Waals surface area contributed by atoms with E-state index in [1.165, 1.54) is 12.8 Å². The fraction of sp³-hybridized carbons (Fsp3) is 0.591. The van der Waals surface area contributed by atoms with Gasteiger partial charge in [-0.2, -0.15) is 4.98 Å². The zero-order chi connectivity index (χ0) is 20.1. The monoisotopic (exact) mass is 398 g/mol. The summed E-state index contributed by atoms with van der Waals surface area (Å²) in [4.78, 5) is 21.8. The molecule has 0 N–H and O–H groups in total. The molecule has 7 heteroatoms. The molecule has 0 bridgehead atoms. The highest BCUT2D eigenvalue weighted by Gasteiger charge is 2.29. The minimum Gasteiger partial charge on any atom is -0.497 e. The van der Waals surface area contributed by atoms with E-state index in [-0.39, 0.29) is 5.92 Å². The third kappa shape index (κ3) is 4.96. The van der Waals surface area contributed by atoms with Crippen molar-refractivity contribution in [1.29, 1.82) is 0 Å². The van der Waals surface area contributed by atoms with Crippen molar-refractivity contribution in [1.82, 2.24) is 19.9 Å². The maximum Gasteiger partial charge on any atom is 0.241 e. The van der Waals surface area contributed by atoms with Crippen LogP contribution in [0.15, 0.2) is 28.8 Å². The van der Waals surface area contributed by atoms with Gasteiger partial charge in [0.05, 0.1) is 13.7 Å². The van der Waals surface area contributed by atoms with Gasteiger partial charge in [-0.05, 0) is 63.0 Å². The third-order valence-corrected chi connectivity index (χ3v) is 6.03. The maximum absolute atomic E-state index is 12.8. The summed E-state index contributed by atoms with van der Waals surface area (Å²) < 4.78 is 10.6. The zero-order valence-electron chi connectivity index (χ0n) is 17.2. The minimum absolute atomic E-state index is 0.168. The number of piperidine rings is 1. The number of nitrogens with zero attached hydrogens (tertiary/aromatic N) is 4. The fourth-order valence-electron chi connectivity index (χ4n) is 4.26. The van der Waals surface area contributed by atoms with Gasteiger partial charge in [0, 0.05) is 24.6 Å². The predicted molar refractivity (Wildman–Crippen MR) is 109 cm³/mol. The highest BCUT2D eigenvalue weighted by atomic mass is 16.5. The van der Waals surface area contributed by atoms with Gasteiger partial charge in [0.2, 0.25) is 17.6 Å². The molecule has 156 valence electrons. The van der Waals surface area contributed by atoms with Gasteiger partial charge in [0.15, 0.2) is 0 Å². The van der Waals surface area contributed by atoms with E-state index in [2.05, 4.69) is 19.9 Å². The average Bonchev–Trinajstić information content (AvgIpc) is 3.06. The van der Waals surface area contributed by atoms with Crippen LogP contribution in [0.3, 0.4) is 0 Å². The quantitative estimate of drug-likeness (QED) is 0.769. The Kier molecular flexibility index (Phi) is 6.44. The van der Waals surface area contributed by atoms with Crippen molar-refractivity contribution in [2.45, 2.75) is 45.1 Å². The van der Waals surface area contributed by atoms with Crippen molar-refractivity contribution in [2.75, 3.05) is 33.3 Å². The Morgan fingerprint density at radius 3 is 2.41 bits per heavy atom.